The normalized spacial score (nSPS) is 21.1. The number of epoxide rings is 1. The number of piperidine rings is 1. The van der Waals surface area contributed by atoms with Gasteiger partial charge in [0.05, 0.1) is 34.9 Å². The maximum absolute atomic E-state index is 14.1. The van der Waals surface area contributed by atoms with Gasteiger partial charge in [-0.15, -0.1) is 0 Å². The van der Waals surface area contributed by atoms with Crippen molar-refractivity contribution < 1.29 is 42.2 Å². The molecule has 6 heterocycles. The highest BCUT2D eigenvalue weighted by Gasteiger charge is 2.46. The number of hydrogen-bond donors (Lipinski definition) is 4. The fourth-order valence-corrected chi connectivity index (χ4v) is 9.33. The summed E-state index contributed by atoms with van der Waals surface area (Å²) in [6.45, 7) is 4.47. The van der Waals surface area contributed by atoms with E-state index in [1.807, 2.05) is 42.5 Å². The van der Waals surface area contributed by atoms with Crippen LogP contribution in [0.15, 0.2) is 72.8 Å². The Balaban J connectivity index is 0.851. The standard InChI is InChI=1S/C46H44F2N8O7/c47-28-18-26(19-29(48)22-28)17-25-1-6-36-35(20-25)42(53-52-36)51-43(58)33-5-3-31(23-37(33)49-30-9-15-62-16-10-30)54-11-13-55(14-12-54)41(39-24-63-39)27-2-4-32-34(21-27)46(61)56(45(32)60)38-7-8-40(57)50-44(38)59/h1-6,18-23,30,38-39,41,49H,7-17,24H2,(H,50,57,59)(H2,51,52,53,58). The van der Waals surface area contributed by atoms with Crippen LogP contribution >= 0.6 is 0 Å². The molecule has 5 aliphatic rings. The zero-order valence-corrected chi connectivity index (χ0v) is 34.1. The van der Waals surface area contributed by atoms with Crippen LogP contribution in [0.4, 0.5) is 26.0 Å². The molecule has 0 saturated carbocycles. The van der Waals surface area contributed by atoms with Crippen LogP contribution in [0.3, 0.4) is 0 Å². The summed E-state index contributed by atoms with van der Waals surface area (Å²) in [5.74, 6) is -3.47. The first-order chi connectivity index (χ1) is 30.6. The molecule has 15 nitrogen and oxygen atoms in total. The van der Waals surface area contributed by atoms with Gasteiger partial charge in [0.1, 0.15) is 23.8 Å². The number of nitrogens with one attached hydrogen (secondary N) is 4. The van der Waals surface area contributed by atoms with E-state index in [1.165, 1.54) is 12.1 Å². The minimum absolute atomic E-state index is 0.0496. The van der Waals surface area contributed by atoms with Crippen molar-refractivity contribution in [2.45, 2.75) is 56.3 Å². The molecule has 4 aromatic carbocycles. The molecule has 4 saturated heterocycles. The van der Waals surface area contributed by atoms with Crippen molar-refractivity contribution in [3.8, 4) is 0 Å². The lowest BCUT2D eigenvalue weighted by atomic mass is 9.97. The van der Waals surface area contributed by atoms with Gasteiger partial charge in [-0.2, -0.15) is 5.10 Å². The number of H-pyrrole nitrogens is 1. The molecule has 3 atom stereocenters. The lowest BCUT2D eigenvalue weighted by Gasteiger charge is -2.40. The zero-order valence-electron chi connectivity index (χ0n) is 34.1. The van der Waals surface area contributed by atoms with Crippen LogP contribution in [0.2, 0.25) is 0 Å². The van der Waals surface area contributed by atoms with E-state index in [1.54, 1.807) is 12.1 Å². The zero-order chi connectivity index (χ0) is 43.4. The van der Waals surface area contributed by atoms with Gasteiger partial charge >= 0.3 is 0 Å². The van der Waals surface area contributed by atoms with Crippen molar-refractivity contribution in [1.29, 1.82) is 0 Å². The Hall–Kier alpha value is -6.56. The van der Waals surface area contributed by atoms with Gasteiger partial charge in [0, 0.05) is 74.7 Å². The lowest BCUT2D eigenvalue weighted by molar-refractivity contribution is -0.136. The van der Waals surface area contributed by atoms with Gasteiger partial charge in [0.25, 0.3) is 17.7 Å². The smallest absolute Gasteiger partial charge is 0.262 e. The van der Waals surface area contributed by atoms with Gasteiger partial charge < -0.3 is 25.0 Å². The average Bonchev–Trinajstić information content (AvgIpc) is 3.98. The van der Waals surface area contributed by atoms with E-state index in [2.05, 4.69) is 35.9 Å². The van der Waals surface area contributed by atoms with E-state index >= 15 is 0 Å². The number of piperazine rings is 1. The molecule has 4 N–H and O–H groups in total. The molecule has 0 radical (unpaired) electrons. The van der Waals surface area contributed by atoms with Crippen LogP contribution in [0.5, 0.6) is 0 Å². The number of anilines is 3. The van der Waals surface area contributed by atoms with Crippen molar-refractivity contribution in [2.24, 2.45) is 0 Å². The first kappa shape index (κ1) is 40.5. The molecule has 5 amide bonds. The second-order valence-corrected chi connectivity index (χ2v) is 16.7. The third-order valence-corrected chi connectivity index (χ3v) is 12.6. The molecule has 324 valence electrons. The molecule has 0 bridgehead atoms. The molecular weight excluding hydrogens is 815 g/mol. The van der Waals surface area contributed by atoms with Crippen molar-refractivity contribution in [3.63, 3.8) is 0 Å². The monoisotopic (exact) mass is 858 g/mol. The van der Waals surface area contributed by atoms with Gasteiger partial charge in [-0.05, 0) is 97.0 Å². The van der Waals surface area contributed by atoms with Gasteiger partial charge in [-0.1, -0.05) is 12.1 Å². The first-order valence-electron chi connectivity index (χ1n) is 21.2. The Labute approximate surface area is 360 Å². The van der Waals surface area contributed by atoms with Gasteiger partial charge in [0.2, 0.25) is 11.8 Å². The Morgan fingerprint density at radius 1 is 0.841 bits per heavy atom. The quantitative estimate of drug-likeness (QED) is 0.104. The number of ether oxygens (including phenoxy) is 2. The topological polar surface area (TPSA) is 182 Å². The van der Waals surface area contributed by atoms with Crippen LogP contribution < -0.4 is 20.9 Å². The van der Waals surface area contributed by atoms with E-state index in [4.69, 9.17) is 9.47 Å². The SMILES string of the molecule is O=C1CCC(N2C(=O)c3ccc(C(C4CO4)N4CCN(c5ccc(C(=O)Nc6n[nH]c7ccc(Cc8cc(F)cc(F)c8)cc67)c(NC6CCOCC6)c5)CC4)cc3C2=O)C(=O)N1. The van der Waals surface area contributed by atoms with Crippen LogP contribution in [0.1, 0.15) is 79.5 Å². The second kappa shape index (κ2) is 16.6. The summed E-state index contributed by atoms with van der Waals surface area (Å²) in [6.07, 6.45) is 1.91. The number of aromatic nitrogens is 2. The second-order valence-electron chi connectivity index (χ2n) is 16.7. The number of benzene rings is 4. The van der Waals surface area contributed by atoms with E-state index in [0.29, 0.717) is 79.5 Å². The third-order valence-electron chi connectivity index (χ3n) is 12.6. The molecule has 17 heteroatoms. The summed E-state index contributed by atoms with van der Waals surface area (Å²) in [4.78, 5) is 71.0. The number of carbonyl (C=O) groups excluding carboxylic acids is 5. The molecule has 5 aliphatic heterocycles. The van der Waals surface area contributed by atoms with E-state index in [-0.39, 0.29) is 54.5 Å². The summed E-state index contributed by atoms with van der Waals surface area (Å²) in [6, 6.07) is 18.9. The summed E-state index contributed by atoms with van der Waals surface area (Å²) >= 11 is 0. The summed E-state index contributed by atoms with van der Waals surface area (Å²) in [5.41, 5.74) is 5.36. The highest BCUT2D eigenvalue weighted by molar-refractivity contribution is 6.23. The molecule has 4 fully saturated rings. The Morgan fingerprint density at radius 3 is 2.35 bits per heavy atom. The summed E-state index contributed by atoms with van der Waals surface area (Å²) in [7, 11) is 0. The highest BCUT2D eigenvalue weighted by Crippen LogP contribution is 2.38. The maximum atomic E-state index is 14.1. The maximum Gasteiger partial charge on any atom is 0.262 e. The van der Waals surface area contributed by atoms with Crippen LogP contribution in [-0.4, -0.2) is 114 Å². The van der Waals surface area contributed by atoms with Crippen LogP contribution in [0.25, 0.3) is 10.9 Å². The van der Waals surface area contributed by atoms with E-state index in [0.717, 1.165) is 40.6 Å². The number of rotatable bonds is 11. The van der Waals surface area contributed by atoms with Crippen molar-refractivity contribution in [3.05, 3.63) is 118 Å². The molecule has 0 aliphatic carbocycles. The third kappa shape index (κ3) is 8.14. The molecule has 10 rings (SSSR count). The number of aromatic amines is 1. The number of amides is 5. The van der Waals surface area contributed by atoms with Gasteiger partial charge in [-0.3, -0.25) is 44.2 Å². The minimum Gasteiger partial charge on any atom is -0.381 e. The van der Waals surface area contributed by atoms with Crippen molar-refractivity contribution in [1.82, 2.24) is 25.3 Å². The predicted molar refractivity (Wildman–Crippen MR) is 226 cm³/mol. The lowest BCUT2D eigenvalue weighted by Crippen LogP contribution is -2.54. The van der Waals surface area contributed by atoms with Crippen LogP contribution in [-0.2, 0) is 25.5 Å². The Kier molecular flexibility index (Phi) is 10.7. The van der Waals surface area contributed by atoms with Gasteiger partial charge in [0.15, 0.2) is 5.82 Å². The molecule has 0 spiro atoms. The average molecular weight is 859 g/mol. The van der Waals surface area contributed by atoms with Gasteiger partial charge in [-0.25, -0.2) is 8.78 Å². The predicted octanol–water partition coefficient (Wildman–Crippen LogP) is 4.94. The van der Waals surface area contributed by atoms with E-state index in [9.17, 15) is 32.8 Å². The number of halogens is 2. The van der Waals surface area contributed by atoms with E-state index < -0.39 is 41.3 Å². The minimum atomic E-state index is -1.04. The molecular formula is C46H44F2N8O7. The number of carbonyl (C=O) groups is 5. The summed E-state index contributed by atoms with van der Waals surface area (Å²) < 4.78 is 39.3. The van der Waals surface area contributed by atoms with Crippen molar-refractivity contribution in [2.75, 3.05) is 61.5 Å². The number of hydrogen-bond acceptors (Lipinski definition) is 11. The number of fused-ring (bicyclic) bond motifs is 2. The van der Waals surface area contributed by atoms with Crippen molar-refractivity contribution >= 4 is 57.6 Å². The largest absolute Gasteiger partial charge is 0.381 e. The fourth-order valence-electron chi connectivity index (χ4n) is 9.33. The molecule has 5 aromatic rings. The number of imide groups is 2. The molecule has 63 heavy (non-hydrogen) atoms. The molecule has 1 aromatic heterocycles. The molecule has 3 unspecified atom stereocenters. The van der Waals surface area contributed by atoms with Crippen LogP contribution in [0, 0.1) is 11.6 Å². The Bertz CT molecular complexity index is 2650. The number of nitrogens with zero attached hydrogens (tertiary/aromatic N) is 4. The summed E-state index contributed by atoms with van der Waals surface area (Å²) in [5, 5.41) is 16.9. The Morgan fingerprint density at radius 2 is 1.60 bits per heavy atom. The fraction of sp³-hybridized carbons (Fsp3) is 0.348. The first-order valence-corrected chi connectivity index (χ1v) is 21.2. The highest BCUT2D eigenvalue weighted by atomic mass is 19.1.